The van der Waals surface area contributed by atoms with E-state index >= 15 is 0 Å². The SMILES string of the molecule is Cc1c(-c2cccc(-c3ccc(N(c4ccc(-c5ccccc5-c5ccccc5)cc4)c4ccc5c(ccc6ccccc65)c4)cc3)c2)oc2ccccc12. The molecular weight excluding hydrogens is 667 g/mol. The highest BCUT2D eigenvalue weighted by Gasteiger charge is 2.17. The second kappa shape index (κ2) is 13.7. The summed E-state index contributed by atoms with van der Waals surface area (Å²) in [4.78, 5) is 2.36. The van der Waals surface area contributed by atoms with Gasteiger partial charge in [0.05, 0.1) is 0 Å². The van der Waals surface area contributed by atoms with E-state index in [0.29, 0.717) is 0 Å². The molecule has 10 rings (SSSR count). The predicted molar refractivity (Wildman–Crippen MR) is 232 cm³/mol. The first-order valence-corrected chi connectivity index (χ1v) is 18.8. The van der Waals surface area contributed by atoms with E-state index in [-0.39, 0.29) is 0 Å². The molecule has 2 heteroatoms. The summed E-state index contributed by atoms with van der Waals surface area (Å²) < 4.78 is 6.34. The molecule has 0 saturated carbocycles. The van der Waals surface area contributed by atoms with Crippen molar-refractivity contribution in [3.05, 3.63) is 212 Å². The molecule has 260 valence electrons. The molecule has 0 amide bonds. The molecule has 1 heterocycles. The monoisotopic (exact) mass is 703 g/mol. The van der Waals surface area contributed by atoms with Gasteiger partial charge in [-0.2, -0.15) is 0 Å². The minimum atomic E-state index is 0.917. The fourth-order valence-electron chi connectivity index (χ4n) is 8.07. The van der Waals surface area contributed by atoms with Crippen molar-refractivity contribution in [2.75, 3.05) is 4.90 Å². The van der Waals surface area contributed by atoms with Crippen molar-refractivity contribution in [3.8, 4) is 44.7 Å². The van der Waals surface area contributed by atoms with Gasteiger partial charge in [-0.25, -0.2) is 0 Å². The largest absolute Gasteiger partial charge is 0.456 e. The van der Waals surface area contributed by atoms with Crippen LogP contribution >= 0.6 is 0 Å². The Hall–Kier alpha value is -7.16. The Kier molecular flexibility index (Phi) is 8.08. The molecule has 55 heavy (non-hydrogen) atoms. The van der Waals surface area contributed by atoms with Crippen molar-refractivity contribution in [1.82, 2.24) is 0 Å². The number of rotatable bonds is 7. The third-order valence-corrected chi connectivity index (χ3v) is 10.9. The van der Waals surface area contributed by atoms with Gasteiger partial charge in [-0.3, -0.25) is 0 Å². The van der Waals surface area contributed by atoms with E-state index in [9.17, 15) is 0 Å². The lowest BCUT2D eigenvalue weighted by atomic mass is 9.94. The molecule has 0 radical (unpaired) electrons. The quantitative estimate of drug-likeness (QED) is 0.154. The highest BCUT2D eigenvalue weighted by molar-refractivity contribution is 6.08. The van der Waals surface area contributed by atoms with Crippen molar-refractivity contribution in [2.24, 2.45) is 0 Å². The Morgan fingerprint density at radius 2 is 0.891 bits per heavy atom. The smallest absolute Gasteiger partial charge is 0.138 e. The molecule has 0 saturated heterocycles. The molecule has 0 unspecified atom stereocenters. The Morgan fingerprint density at radius 3 is 1.64 bits per heavy atom. The molecule has 1 aromatic heterocycles. The van der Waals surface area contributed by atoms with Crippen molar-refractivity contribution in [2.45, 2.75) is 6.92 Å². The Balaban J connectivity index is 1.05. The maximum absolute atomic E-state index is 6.34. The van der Waals surface area contributed by atoms with E-state index < -0.39 is 0 Å². The summed E-state index contributed by atoms with van der Waals surface area (Å²) in [6, 6.07) is 74.0. The van der Waals surface area contributed by atoms with Gasteiger partial charge in [-0.1, -0.05) is 158 Å². The number of furan rings is 1. The van der Waals surface area contributed by atoms with Gasteiger partial charge < -0.3 is 9.32 Å². The molecule has 0 aliphatic carbocycles. The van der Waals surface area contributed by atoms with Crippen molar-refractivity contribution >= 4 is 49.6 Å². The van der Waals surface area contributed by atoms with Crippen molar-refractivity contribution in [1.29, 1.82) is 0 Å². The fraction of sp³-hybridized carbons (Fsp3) is 0.0189. The van der Waals surface area contributed by atoms with E-state index in [2.05, 4.69) is 206 Å². The Bertz CT molecular complexity index is 2970. The van der Waals surface area contributed by atoms with Gasteiger partial charge in [-0.05, 0) is 110 Å². The van der Waals surface area contributed by atoms with Gasteiger partial charge in [0.2, 0.25) is 0 Å². The lowest BCUT2D eigenvalue weighted by Crippen LogP contribution is -2.09. The average Bonchev–Trinajstić information content (AvgIpc) is 3.60. The molecule has 10 aromatic rings. The maximum atomic E-state index is 6.34. The van der Waals surface area contributed by atoms with E-state index in [1.165, 1.54) is 43.8 Å². The minimum absolute atomic E-state index is 0.917. The second-order valence-electron chi connectivity index (χ2n) is 14.2. The number of anilines is 3. The minimum Gasteiger partial charge on any atom is -0.456 e. The Morgan fingerprint density at radius 1 is 0.345 bits per heavy atom. The summed E-state index contributed by atoms with van der Waals surface area (Å²) in [6.07, 6.45) is 0. The summed E-state index contributed by atoms with van der Waals surface area (Å²) >= 11 is 0. The van der Waals surface area contributed by atoms with Gasteiger partial charge in [0.1, 0.15) is 11.3 Å². The molecule has 0 aliphatic heterocycles. The molecule has 9 aromatic carbocycles. The third kappa shape index (κ3) is 5.95. The zero-order valence-corrected chi connectivity index (χ0v) is 30.5. The van der Waals surface area contributed by atoms with Crippen LogP contribution in [0.15, 0.2) is 211 Å². The van der Waals surface area contributed by atoms with Crippen LogP contribution in [0.25, 0.3) is 77.2 Å². The molecule has 0 aliphatic rings. The lowest BCUT2D eigenvalue weighted by Gasteiger charge is -2.26. The molecule has 0 N–H and O–H groups in total. The highest BCUT2D eigenvalue weighted by atomic mass is 16.3. The van der Waals surface area contributed by atoms with Crippen LogP contribution < -0.4 is 4.90 Å². The number of nitrogens with zero attached hydrogens (tertiary/aromatic N) is 1. The number of fused-ring (bicyclic) bond motifs is 4. The fourth-order valence-corrected chi connectivity index (χ4v) is 8.07. The van der Waals surface area contributed by atoms with Gasteiger partial charge in [0, 0.05) is 33.6 Å². The zero-order chi connectivity index (χ0) is 36.7. The summed E-state index contributed by atoms with van der Waals surface area (Å²) in [7, 11) is 0. The van der Waals surface area contributed by atoms with Gasteiger partial charge in [-0.15, -0.1) is 0 Å². The average molecular weight is 704 g/mol. The molecule has 0 bridgehead atoms. The van der Waals surface area contributed by atoms with Gasteiger partial charge in [0.25, 0.3) is 0 Å². The standard InChI is InChI=1S/C53H37NO/c1-36-47-17-9-10-21-52(47)55-53(36)43-16-11-15-41(34-43)37-24-28-44(29-25-37)54(46-32-33-51-42(35-46)23-22-39-14-5-6-18-49(39)51)45-30-26-40(27-31-45)50-20-8-7-19-48(50)38-12-3-2-4-13-38/h2-35H,1H3. The Labute approximate surface area is 321 Å². The lowest BCUT2D eigenvalue weighted by molar-refractivity contribution is 0.629. The summed E-state index contributed by atoms with van der Waals surface area (Å²) in [6.45, 7) is 2.14. The summed E-state index contributed by atoms with van der Waals surface area (Å²) in [5, 5.41) is 6.14. The maximum Gasteiger partial charge on any atom is 0.138 e. The van der Waals surface area contributed by atoms with Crippen LogP contribution in [0.4, 0.5) is 17.1 Å². The number of aryl methyl sites for hydroxylation is 1. The van der Waals surface area contributed by atoms with Crippen LogP contribution in [0.3, 0.4) is 0 Å². The first kappa shape index (κ1) is 32.5. The van der Waals surface area contributed by atoms with Crippen LogP contribution in [0.2, 0.25) is 0 Å². The van der Waals surface area contributed by atoms with E-state index in [4.69, 9.17) is 4.42 Å². The number of hydrogen-bond acceptors (Lipinski definition) is 2. The third-order valence-electron chi connectivity index (χ3n) is 10.9. The molecular formula is C53H37NO. The topological polar surface area (TPSA) is 16.4 Å². The first-order chi connectivity index (χ1) is 27.2. The normalized spacial score (nSPS) is 11.4. The van der Waals surface area contributed by atoms with Crippen LogP contribution in [0.5, 0.6) is 0 Å². The molecule has 2 nitrogen and oxygen atoms in total. The number of benzene rings is 9. The van der Waals surface area contributed by atoms with Gasteiger partial charge in [0.15, 0.2) is 0 Å². The van der Waals surface area contributed by atoms with Gasteiger partial charge >= 0.3 is 0 Å². The molecule has 0 fully saturated rings. The van der Waals surface area contributed by atoms with E-state index in [1.54, 1.807) is 0 Å². The number of para-hydroxylation sites is 1. The zero-order valence-electron chi connectivity index (χ0n) is 30.5. The van der Waals surface area contributed by atoms with E-state index in [1.807, 2.05) is 12.1 Å². The summed E-state index contributed by atoms with van der Waals surface area (Å²) in [5.41, 5.74) is 13.6. The number of hydrogen-bond donors (Lipinski definition) is 0. The summed E-state index contributed by atoms with van der Waals surface area (Å²) in [5.74, 6) is 0.921. The van der Waals surface area contributed by atoms with Crippen LogP contribution in [0.1, 0.15) is 5.56 Å². The molecule has 0 spiro atoms. The first-order valence-electron chi connectivity index (χ1n) is 18.8. The predicted octanol–water partition coefficient (Wildman–Crippen LogP) is 15.2. The molecule has 0 atom stereocenters. The van der Waals surface area contributed by atoms with Crippen molar-refractivity contribution in [3.63, 3.8) is 0 Å². The highest BCUT2D eigenvalue weighted by Crippen LogP contribution is 2.41. The van der Waals surface area contributed by atoms with Crippen LogP contribution in [0, 0.1) is 6.92 Å². The van der Waals surface area contributed by atoms with E-state index in [0.717, 1.165) is 56.0 Å². The van der Waals surface area contributed by atoms with Crippen LogP contribution in [-0.4, -0.2) is 0 Å². The van der Waals surface area contributed by atoms with Crippen molar-refractivity contribution < 1.29 is 4.42 Å². The second-order valence-corrected chi connectivity index (χ2v) is 14.2. The van der Waals surface area contributed by atoms with Crippen LogP contribution in [-0.2, 0) is 0 Å².